The van der Waals surface area contributed by atoms with Crippen LogP contribution in [0.5, 0.6) is 0 Å². The Kier molecular flexibility index (Phi) is 28.6. The zero-order valence-electron chi connectivity index (χ0n) is 7.37. The van der Waals surface area contributed by atoms with Gasteiger partial charge in [0.05, 0.1) is 0 Å². The molecular formula is C8H9Cl2LiMg. The molecule has 1 rings (SSSR count). The van der Waals surface area contributed by atoms with Gasteiger partial charge in [-0.15, -0.1) is 0 Å². The van der Waals surface area contributed by atoms with Crippen LogP contribution in [0.15, 0.2) is 11.6 Å². The Labute approximate surface area is 115 Å². The van der Waals surface area contributed by atoms with Gasteiger partial charge in [0, 0.05) is 0 Å². The smallest absolute Gasteiger partial charge is 1.00 e. The van der Waals surface area contributed by atoms with E-state index in [1.54, 1.807) is 0 Å². The van der Waals surface area contributed by atoms with Gasteiger partial charge in [0.1, 0.15) is 0 Å². The minimum absolute atomic E-state index is 0. The molecular weight excluding hydrogens is 198 g/mol. The molecule has 0 atom stereocenters. The van der Waals surface area contributed by atoms with E-state index in [2.05, 4.69) is 12.0 Å². The van der Waals surface area contributed by atoms with Gasteiger partial charge in [-0.1, -0.05) is 25.7 Å². The van der Waals surface area contributed by atoms with Gasteiger partial charge in [-0.05, 0) is 0 Å². The zero-order valence-corrected chi connectivity index (χ0v) is 10.3. The Morgan fingerprint density at radius 3 is 2.08 bits per heavy atom. The van der Waals surface area contributed by atoms with Crippen LogP contribution in [-0.2, 0) is 0 Å². The topological polar surface area (TPSA) is 0 Å². The summed E-state index contributed by atoms with van der Waals surface area (Å²) in [6, 6.07) is 0. The van der Waals surface area contributed by atoms with Crippen LogP contribution in [0.1, 0.15) is 25.7 Å². The van der Waals surface area contributed by atoms with E-state index in [1.807, 2.05) is 0 Å². The predicted molar refractivity (Wildman–Crippen MR) is 39.4 cm³/mol. The van der Waals surface area contributed by atoms with E-state index in [1.165, 1.54) is 12.8 Å². The molecule has 0 saturated heterocycles. The second kappa shape index (κ2) is 14.8. The van der Waals surface area contributed by atoms with Crippen LogP contribution >= 0.6 is 0 Å². The molecule has 0 spiro atoms. The van der Waals surface area contributed by atoms with E-state index >= 15 is 0 Å². The fraction of sp³-hybridized carbons (Fsp3) is 0.500. The Balaban J connectivity index is -0.0000000800. The van der Waals surface area contributed by atoms with E-state index in [-0.39, 0.29) is 66.7 Å². The molecule has 58 valence electrons. The van der Waals surface area contributed by atoms with Crippen molar-refractivity contribution >= 4 is 23.1 Å². The monoisotopic (exact) mass is 206 g/mol. The summed E-state index contributed by atoms with van der Waals surface area (Å²) < 4.78 is 0. The largest absolute Gasteiger partial charge is 2.00 e. The van der Waals surface area contributed by atoms with Gasteiger partial charge in [0.2, 0.25) is 0 Å². The van der Waals surface area contributed by atoms with Crippen molar-refractivity contribution in [2.24, 2.45) is 0 Å². The molecule has 0 amide bonds. The first-order chi connectivity index (χ1) is 3.93. The number of allylic oxidation sites excluding steroid dienone is 2. The molecule has 0 aromatic carbocycles. The van der Waals surface area contributed by atoms with Crippen molar-refractivity contribution in [3.05, 3.63) is 18.1 Å². The SMILES string of the molecule is [C-]#CC1=CCCCC1.[Cl-].[Cl-].[Li+].[Mg+2]. The summed E-state index contributed by atoms with van der Waals surface area (Å²) in [4.78, 5) is 0. The summed E-state index contributed by atoms with van der Waals surface area (Å²) in [6.45, 7) is 0. The number of halogens is 2. The van der Waals surface area contributed by atoms with Crippen molar-refractivity contribution in [3.8, 4) is 5.92 Å². The van der Waals surface area contributed by atoms with Crippen molar-refractivity contribution < 1.29 is 43.7 Å². The summed E-state index contributed by atoms with van der Waals surface area (Å²) >= 11 is 0. The maximum atomic E-state index is 6.78. The van der Waals surface area contributed by atoms with Gasteiger partial charge < -0.3 is 31.2 Å². The van der Waals surface area contributed by atoms with Gasteiger partial charge in [0.15, 0.2) is 0 Å². The maximum absolute atomic E-state index is 6.78. The molecule has 1 aliphatic rings. The van der Waals surface area contributed by atoms with Gasteiger partial charge in [-0.2, -0.15) is 11.6 Å². The van der Waals surface area contributed by atoms with Crippen molar-refractivity contribution in [1.82, 2.24) is 0 Å². The first kappa shape index (κ1) is 23.2. The van der Waals surface area contributed by atoms with E-state index in [9.17, 15) is 0 Å². The Morgan fingerprint density at radius 2 is 1.83 bits per heavy atom. The van der Waals surface area contributed by atoms with Crippen LogP contribution in [0.25, 0.3) is 0 Å². The summed E-state index contributed by atoms with van der Waals surface area (Å²) in [5.74, 6) is 2.42. The molecule has 0 saturated carbocycles. The van der Waals surface area contributed by atoms with Crippen LogP contribution in [0, 0.1) is 12.3 Å². The Hall–Kier alpha value is 1.24. The van der Waals surface area contributed by atoms with E-state index < -0.39 is 0 Å². The van der Waals surface area contributed by atoms with Crippen LogP contribution < -0.4 is 43.7 Å². The van der Waals surface area contributed by atoms with Crippen LogP contribution in [0.3, 0.4) is 0 Å². The van der Waals surface area contributed by atoms with E-state index in [4.69, 9.17) is 6.42 Å². The molecule has 0 heterocycles. The quantitative estimate of drug-likeness (QED) is 0.210. The fourth-order valence-electron chi connectivity index (χ4n) is 0.952. The first-order valence-corrected chi connectivity index (χ1v) is 3.05. The van der Waals surface area contributed by atoms with Gasteiger partial charge >= 0.3 is 41.9 Å². The molecule has 0 radical (unpaired) electrons. The fourth-order valence-corrected chi connectivity index (χ4v) is 0.952. The standard InChI is InChI=1S/C8H9.2ClH.Li.Mg/c1-2-8-6-4-3-5-7-8;;;;/h6H,3-5,7H2;2*1H;;/q-1;;;+1;+2/p-2. The number of rotatable bonds is 0. The summed E-state index contributed by atoms with van der Waals surface area (Å²) in [5, 5.41) is 0. The molecule has 0 fully saturated rings. The van der Waals surface area contributed by atoms with Gasteiger partial charge in [0.25, 0.3) is 0 Å². The maximum Gasteiger partial charge on any atom is 2.00 e. The predicted octanol–water partition coefficient (Wildman–Crippen LogP) is -7.29. The second-order valence-corrected chi connectivity index (χ2v) is 2.10. The third-order valence-electron chi connectivity index (χ3n) is 1.45. The van der Waals surface area contributed by atoms with Crippen LogP contribution in [-0.4, -0.2) is 23.1 Å². The Morgan fingerprint density at radius 1 is 1.25 bits per heavy atom. The molecule has 0 unspecified atom stereocenters. The molecule has 0 aromatic rings. The van der Waals surface area contributed by atoms with Gasteiger partial charge in [-0.3, -0.25) is 5.92 Å². The second-order valence-electron chi connectivity index (χ2n) is 2.10. The normalized spacial score (nSPS) is 12.8. The third kappa shape index (κ3) is 9.33. The van der Waals surface area contributed by atoms with Crippen LogP contribution in [0.2, 0.25) is 0 Å². The summed E-state index contributed by atoms with van der Waals surface area (Å²) in [5.41, 5.74) is 1.09. The van der Waals surface area contributed by atoms with E-state index in [0.29, 0.717) is 0 Å². The molecule has 0 aliphatic heterocycles. The molecule has 0 bridgehead atoms. The van der Waals surface area contributed by atoms with Crippen molar-refractivity contribution in [2.75, 3.05) is 0 Å². The zero-order chi connectivity index (χ0) is 5.82. The average Bonchev–Trinajstić information content (AvgIpc) is 1.90. The summed E-state index contributed by atoms with van der Waals surface area (Å²) in [7, 11) is 0. The molecule has 0 aromatic heterocycles. The van der Waals surface area contributed by atoms with E-state index in [0.717, 1.165) is 18.4 Å². The Bertz CT molecular complexity index is 152. The van der Waals surface area contributed by atoms with Crippen molar-refractivity contribution in [1.29, 1.82) is 0 Å². The molecule has 1 aliphatic carbocycles. The van der Waals surface area contributed by atoms with Gasteiger partial charge in [-0.25, -0.2) is 0 Å². The molecule has 4 heteroatoms. The minimum atomic E-state index is 0. The molecule has 0 N–H and O–H groups in total. The van der Waals surface area contributed by atoms with Crippen LogP contribution in [0.4, 0.5) is 0 Å². The minimum Gasteiger partial charge on any atom is -1.00 e. The first-order valence-electron chi connectivity index (χ1n) is 3.05. The number of hydrogen-bond acceptors (Lipinski definition) is 0. The summed E-state index contributed by atoms with van der Waals surface area (Å²) in [6.07, 6.45) is 13.7. The average molecular weight is 207 g/mol. The number of hydrogen-bond donors (Lipinski definition) is 0. The van der Waals surface area contributed by atoms with Crippen molar-refractivity contribution in [2.45, 2.75) is 25.7 Å². The third-order valence-corrected chi connectivity index (χ3v) is 1.45. The van der Waals surface area contributed by atoms with Crippen molar-refractivity contribution in [3.63, 3.8) is 0 Å². The molecule has 0 nitrogen and oxygen atoms in total. The molecule has 12 heavy (non-hydrogen) atoms.